The molecular formula is C13H19N5O7S. The van der Waals surface area contributed by atoms with Crippen LogP contribution in [0.25, 0.3) is 0 Å². The first kappa shape index (κ1) is 18.8. The highest BCUT2D eigenvalue weighted by Gasteiger charge is 2.49. The van der Waals surface area contributed by atoms with Crippen LogP contribution >= 0.6 is 0 Å². The molecule has 0 aliphatic carbocycles. The molecule has 3 amide bonds. The van der Waals surface area contributed by atoms with Gasteiger partial charge < -0.3 is 4.90 Å². The van der Waals surface area contributed by atoms with Gasteiger partial charge in [-0.1, -0.05) is 0 Å². The van der Waals surface area contributed by atoms with Gasteiger partial charge in [-0.25, -0.2) is 10.3 Å². The molecule has 3 aliphatic heterocycles. The summed E-state index contributed by atoms with van der Waals surface area (Å²) in [6.07, 6.45) is 2.11. The third-order valence-corrected chi connectivity index (χ3v) is 5.00. The first-order valence-electron chi connectivity index (χ1n) is 8.12. The number of nitrogens with one attached hydrogen (secondary N) is 2. The average Bonchev–Trinajstić information content (AvgIpc) is 3.13. The molecule has 0 aromatic heterocycles. The number of rotatable bonds is 6. The van der Waals surface area contributed by atoms with Crippen LogP contribution in [0, 0.1) is 11.3 Å². The van der Waals surface area contributed by atoms with Gasteiger partial charge >= 0.3 is 16.4 Å². The molecule has 0 aromatic rings. The number of hydroxylamine groups is 3. The van der Waals surface area contributed by atoms with E-state index in [4.69, 9.17) is 14.7 Å². The van der Waals surface area contributed by atoms with Crippen molar-refractivity contribution in [2.45, 2.75) is 49.9 Å². The minimum Gasteiger partial charge on any atom is -0.309 e. The number of amides is 3. The highest BCUT2D eigenvalue weighted by molar-refractivity contribution is 7.80. The third-order valence-electron chi connectivity index (χ3n) is 4.65. The monoisotopic (exact) mass is 389 g/mol. The lowest BCUT2D eigenvalue weighted by atomic mass is 10.0. The summed E-state index contributed by atoms with van der Waals surface area (Å²) in [5.74, 6) is -0.527. The highest BCUT2D eigenvalue weighted by atomic mass is 32.3. The zero-order chi connectivity index (χ0) is 18.9. The molecule has 0 radical (unpaired) electrons. The van der Waals surface area contributed by atoms with Crippen LogP contribution in [0.2, 0.25) is 0 Å². The van der Waals surface area contributed by atoms with Gasteiger partial charge in [0.05, 0.1) is 24.8 Å². The Morgan fingerprint density at radius 2 is 2.15 bits per heavy atom. The lowest BCUT2D eigenvalue weighted by molar-refractivity contribution is -0.139. The summed E-state index contributed by atoms with van der Waals surface area (Å²) in [5.41, 5.74) is 2.30. The lowest BCUT2D eigenvalue weighted by Crippen LogP contribution is -2.50. The molecule has 3 rings (SSSR count). The molecule has 12 nitrogen and oxygen atoms in total. The first-order valence-corrected chi connectivity index (χ1v) is 9.49. The Bertz CT molecular complexity index is 723. The third kappa shape index (κ3) is 4.05. The fourth-order valence-corrected chi connectivity index (χ4v) is 3.83. The first-order chi connectivity index (χ1) is 12.3. The van der Waals surface area contributed by atoms with Gasteiger partial charge in [0.15, 0.2) is 0 Å². The van der Waals surface area contributed by atoms with Crippen LogP contribution < -0.4 is 10.8 Å². The lowest BCUT2D eigenvalue weighted by Gasteiger charge is -2.29. The van der Waals surface area contributed by atoms with Crippen LogP contribution in [0.15, 0.2) is 0 Å². The van der Waals surface area contributed by atoms with Crippen molar-refractivity contribution < 1.29 is 31.7 Å². The second-order valence-corrected chi connectivity index (χ2v) is 7.41. The minimum absolute atomic E-state index is 0.0391. The number of nitrogens with zero attached hydrogens (tertiary/aromatic N) is 3. The molecule has 13 heteroatoms. The molecule has 3 saturated heterocycles. The minimum atomic E-state index is -4.82. The summed E-state index contributed by atoms with van der Waals surface area (Å²) >= 11 is 0. The summed E-state index contributed by atoms with van der Waals surface area (Å²) in [5, 5.41) is 12.4. The molecule has 3 aliphatic rings. The maximum Gasteiger partial charge on any atom is 0.418 e. The SMILES string of the molecule is N#C[C@H]1CCC(CONC(=O)[C@@H]2CC[C@@H]3CN2C(=O)N3OS(=O)(=O)O)N1. The topological polar surface area (TPSA) is 161 Å². The molecule has 3 N–H and O–H groups in total. The summed E-state index contributed by atoms with van der Waals surface area (Å²) in [7, 11) is -4.82. The number of urea groups is 1. The predicted molar refractivity (Wildman–Crippen MR) is 83.0 cm³/mol. The molecule has 26 heavy (non-hydrogen) atoms. The summed E-state index contributed by atoms with van der Waals surface area (Å²) < 4.78 is 34.7. The standard InChI is InChI=1S/C13H19N5O7S/c14-5-8-1-2-9(15-8)7-24-16-12(19)11-4-3-10-6-17(11)13(20)18(10)25-26(21,22)23/h8-11,15H,1-4,6-7H2,(H,16,19)(H,21,22,23)/t8-,9?,10-,11+/m1/s1. The fourth-order valence-electron chi connectivity index (χ4n) is 3.44. The van der Waals surface area contributed by atoms with Crippen molar-refractivity contribution in [2.24, 2.45) is 0 Å². The van der Waals surface area contributed by atoms with E-state index in [0.29, 0.717) is 24.3 Å². The number of carbonyl (C=O) groups is 2. The molecule has 0 saturated carbocycles. The van der Waals surface area contributed by atoms with E-state index in [1.807, 2.05) is 0 Å². The predicted octanol–water partition coefficient (Wildman–Crippen LogP) is -1.32. The van der Waals surface area contributed by atoms with Crippen molar-refractivity contribution >= 4 is 22.3 Å². The zero-order valence-corrected chi connectivity index (χ0v) is 14.5. The van der Waals surface area contributed by atoms with Gasteiger partial charge in [-0.15, -0.1) is 4.28 Å². The van der Waals surface area contributed by atoms with Gasteiger partial charge in [0.25, 0.3) is 5.91 Å². The van der Waals surface area contributed by atoms with Crippen LogP contribution in [0.4, 0.5) is 4.79 Å². The molecule has 0 spiro atoms. The number of piperidine rings is 1. The number of carbonyl (C=O) groups excluding carboxylic acids is 2. The van der Waals surface area contributed by atoms with E-state index in [1.165, 1.54) is 4.90 Å². The highest BCUT2D eigenvalue weighted by Crippen LogP contribution is 2.30. The molecule has 4 atom stereocenters. The van der Waals surface area contributed by atoms with Crippen LogP contribution in [-0.2, 0) is 24.3 Å². The number of hydrogen-bond acceptors (Lipinski definition) is 8. The van der Waals surface area contributed by atoms with E-state index in [9.17, 15) is 18.0 Å². The Morgan fingerprint density at radius 1 is 1.38 bits per heavy atom. The van der Waals surface area contributed by atoms with Gasteiger partial charge in [-0.2, -0.15) is 18.7 Å². The van der Waals surface area contributed by atoms with Crippen molar-refractivity contribution in [3.8, 4) is 6.07 Å². The zero-order valence-electron chi connectivity index (χ0n) is 13.7. The molecule has 1 unspecified atom stereocenters. The van der Waals surface area contributed by atoms with Crippen LogP contribution in [-0.4, -0.2) is 72.2 Å². The normalized spacial score (nSPS) is 31.2. The second-order valence-electron chi connectivity index (χ2n) is 6.41. The molecule has 3 heterocycles. The van der Waals surface area contributed by atoms with Crippen molar-refractivity contribution in [2.75, 3.05) is 13.2 Å². The van der Waals surface area contributed by atoms with E-state index in [-0.39, 0.29) is 25.2 Å². The summed E-state index contributed by atoms with van der Waals surface area (Å²) in [4.78, 5) is 30.9. The van der Waals surface area contributed by atoms with Gasteiger partial charge in [0.1, 0.15) is 6.04 Å². The number of nitriles is 1. The van der Waals surface area contributed by atoms with Crippen LogP contribution in [0.1, 0.15) is 25.7 Å². The van der Waals surface area contributed by atoms with Gasteiger partial charge in [-0.3, -0.25) is 19.5 Å². The van der Waals surface area contributed by atoms with E-state index < -0.39 is 34.4 Å². The summed E-state index contributed by atoms with van der Waals surface area (Å²) in [6.45, 7) is 0.297. The van der Waals surface area contributed by atoms with Crippen molar-refractivity contribution in [3.05, 3.63) is 0 Å². The van der Waals surface area contributed by atoms with Crippen LogP contribution in [0.5, 0.6) is 0 Å². The smallest absolute Gasteiger partial charge is 0.309 e. The Morgan fingerprint density at radius 3 is 2.81 bits per heavy atom. The Kier molecular flexibility index (Phi) is 5.30. The van der Waals surface area contributed by atoms with E-state index in [1.54, 1.807) is 0 Å². The maximum atomic E-state index is 12.3. The van der Waals surface area contributed by atoms with E-state index >= 15 is 0 Å². The second kappa shape index (κ2) is 7.33. The van der Waals surface area contributed by atoms with Crippen molar-refractivity contribution in [1.82, 2.24) is 20.8 Å². The maximum absolute atomic E-state index is 12.3. The molecule has 3 fully saturated rings. The quantitative estimate of drug-likeness (QED) is 0.369. The Balaban J connectivity index is 1.50. The van der Waals surface area contributed by atoms with Gasteiger partial charge in [-0.05, 0) is 25.7 Å². The molecule has 0 aromatic carbocycles. The number of fused-ring (bicyclic) bond motifs is 2. The average molecular weight is 389 g/mol. The van der Waals surface area contributed by atoms with E-state index in [0.717, 1.165) is 6.42 Å². The molecule has 144 valence electrons. The summed E-state index contributed by atoms with van der Waals surface area (Å²) in [6, 6.07) is -0.327. The fraction of sp³-hybridized carbons (Fsp3) is 0.769. The van der Waals surface area contributed by atoms with Gasteiger partial charge in [0, 0.05) is 12.6 Å². The van der Waals surface area contributed by atoms with Crippen molar-refractivity contribution in [1.29, 1.82) is 5.26 Å². The molecular weight excluding hydrogens is 370 g/mol. The van der Waals surface area contributed by atoms with Crippen LogP contribution in [0.3, 0.4) is 0 Å². The van der Waals surface area contributed by atoms with Gasteiger partial charge in [0.2, 0.25) is 0 Å². The Hall–Kier alpha value is -1.98. The Labute approximate surface area is 149 Å². The largest absolute Gasteiger partial charge is 0.418 e. The number of hydrogen-bond donors (Lipinski definition) is 3. The molecule has 2 bridgehead atoms. The van der Waals surface area contributed by atoms with E-state index in [2.05, 4.69) is 21.1 Å². The van der Waals surface area contributed by atoms with Crippen molar-refractivity contribution in [3.63, 3.8) is 0 Å².